The molecule has 1 aromatic rings. The molecule has 0 aliphatic carbocycles. The molecule has 0 N–H and O–H groups in total. The number of likely N-dealkylation sites (N-methyl/N-ethyl adjacent to an activating group) is 1. The molecule has 0 saturated heterocycles. The van der Waals surface area contributed by atoms with Crippen molar-refractivity contribution in [3.8, 4) is 6.07 Å². The molecule has 0 atom stereocenters. The Kier molecular flexibility index (Phi) is 4.46. The SMILES string of the molecule is CCN(CC)C(=O)Cn1cccc(C#N)c1=O. The Labute approximate surface area is 99.9 Å². The number of pyridine rings is 1. The van der Waals surface area contributed by atoms with E-state index in [9.17, 15) is 9.59 Å². The minimum Gasteiger partial charge on any atom is -0.342 e. The maximum absolute atomic E-state index is 11.8. The van der Waals surface area contributed by atoms with Crippen LogP contribution in [0.2, 0.25) is 0 Å². The van der Waals surface area contributed by atoms with Gasteiger partial charge in [0.15, 0.2) is 0 Å². The second-order valence-electron chi connectivity index (χ2n) is 3.53. The van der Waals surface area contributed by atoms with Crippen molar-refractivity contribution in [2.24, 2.45) is 0 Å². The predicted molar refractivity (Wildman–Crippen MR) is 63.3 cm³/mol. The van der Waals surface area contributed by atoms with Crippen LogP contribution in [0.3, 0.4) is 0 Å². The number of hydrogen-bond acceptors (Lipinski definition) is 3. The molecule has 17 heavy (non-hydrogen) atoms. The smallest absolute Gasteiger partial charge is 0.268 e. The van der Waals surface area contributed by atoms with Gasteiger partial charge in [-0.1, -0.05) is 0 Å². The fraction of sp³-hybridized carbons (Fsp3) is 0.417. The van der Waals surface area contributed by atoms with E-state index in [0.29, 0.717) is 13.1 Å². The van der Waals surface area contributed by atoms with Gasteiger partial charge < -0.3 is 9.47 Å². The van der Waals surface area contributed by atoms with E-state index in [1.54, 1.807) is 11.0 Å². The van der Waals surface area contributed by atoms with Crippen LogP contribution in [-0.2, 0) is 11.3 Å². The molecule has 0 aliphatic heterocycles. The standard InChI is InChI=1S/C12H15N3O2/c1-3-14(4-2)11(16)9-15-7-5-6-10(8-13)12(15)17/h5-7H,3-4,9H2,1-2H3. The summed E-state index contributed by atoms with van der Waals surface area (Å²) in [5.41, 5.74) is -0.365. The van der Waals surface area contributed by atoms with Crippen molar-refractivity contribution in [2.75, 3.05) is 13.1 Å². The number of nitriles is 1. The Balaban J connectivity index is 2.94. The number of amides is 1. The quantitative estimate of drug-likeness (QED) is 0.764. The second-order valence-corrected chi connectivity index (χ2v) is 3.53. The lowest BCUT2D eigenvalue weighted by molar-refractivity contribution is -0.131. The normalized spacial score (nSPS) is 9.71. The third-order valence-corrected chi connectivity index (χ3v) is 2.56. The topological polar surface area (TPSA) is 66.1 Å². The minimum atomic E-state index is -0.421. The summed E-state index contributed by atoms with van der Waals surface area (Å²) in [6.07, 6.45) is 1.52. The van der Waals surface area contributed by atoms with Crippen molar-refractivity contribution in [1.82, 2.24) is 9.47 Å². The second kappa shape index (κ2) is 5.85. The molecule has 0 aromatic carbocycles. The van der Waals surface area contributed by atoms with Crippen LogP contribution >= 0.6 is 0 Å². The summed E-state index contributed by atoms with van der Waals surface area (Å²) in [7, 11) is 0. The predicted octanol–water partition coefficient (Wildman–Crippen LogP) is 0.588. The first kappa shape index (κ1) is 13.0. The Hall–Kier alpha value is -2.09. The molecule has 0 fully saturated rings. The van der Waals surface area contributed by atoms with Gasteiger partial charge in [-0.3, -0.25) is 9.59 Å². The van der Waals surface area contributed by atoms with Crippen molar-refractivity contribution >= 4 is 5.91 Å². The molecular formula is C12H15N3O2. The summed E-state index contributed by atoms with van der Waals surface area (Å²) in [5.74, 6) is -0.118. The summed E-state index contributed by atoms with van der Waals surface area (Å²) < 4.78 is 1.26. The first-order chi connectivity index (χ1) is 8.13. The lowest BCUT2D eigenvalue weighted by Gasteiger charge is -2.19. The van der Waals surface area contributed by atoms with E-state index < -0.39 is 5.56 Å². The first-order valence-corrected chi connectivity index (χ1v) is 5.51. The lowest BCUT2D eigenvalue weighted by Crippen LogP contribution is -2.36. The maximum atomic E-state index is 11.8. The molecule has 0 unspecified atom stereocenters. The van der Waals surface area contributed by atoms with E-state index in [1.807, 2.05) is 19.9 Å². The van der Waals surface area contributed by atoms with Gasteiger partial charge in [-0.25, -0.2) is 0 Å². The third-order valence-electron chi connectivity index (χ3n) is 2.56. The molecule has 1 rings (SSSR count). The lowest BCUT2D eigenvalue weighted by atomic mass is 10.3. The monoisotopic (exact) mass is 233 g/mol. The zero-order valence-corrected chi connectivity index (χ0v) is 10.0. The average Bonchev–Trinajstić information content (AvgIpc) is 2.33. The number of aromatic nitrogens is 1. The molecular weight excluding hydrogens is 218 g/mol. The van der Waals surface area contributed by atoms with Gasteiger partial charge in [0.05, 0.1) is 0 Å². The Morgan fingerprint density at radius 2 is 2.12 bits per heavy atom. The van der Waals surface area contributed by atoms with Gasteiger partial charge in [0.2, 0.25) is 5.91 Å². The number of carbonyl (C=O) groups excluding carboxylic acids is 1. The Morgan fingerprint density at radius 1 is 1.47 bits per heavy atom. The van der Waals surface area contributed by atoms with Crippen LogP contribution in [-0.4, -0.2) is 28.5 Å². The fourth-order valence-electron chi connectivity index (χ4n) is 1.57. The number of nitrogens with zero attached hydrogens (tertiary/aromatic N) is 3. The molecule has 1 heterocycles. The number of carbonyl (C=O) groups is 1. The summed E-state index contributed by atoms with van der Waals surface area (Å²) in [5, 5.41) is 8.72. The van der Waals surface area contributed by atoms with Crippen LogP contribution in [0.5, 0.6) is 0 Å². The summed E-state index contributed by atoms with van der Waals surface area (Å²) >= 11 is 0. The van der Waals surface area contributed by atoms with E-state index in [-0.39, 0.29) is 18.0 Å². The molecule has 1 amide bonds. The van der Waals surface area contributed by atoms with E-state index in [2.05, 4.69) is 0 Å². The van der Waals surface area contributed by atoms with Crippen LogP contribution in [0.1, 0.15) is 19.4 Å². The Bertz CT molecular complexity index is 495. The van der Waals surface area contributed by atoms with Crippen molar-refractivity contribution in [2.45, 2.75) is 20.4 Å². The van der Waals surface area contributed by atoms with E-state index in [4.69, 9.17) is 5.26 Å². The molecule has 90 valence electrons. The molecule has 5 heteroatoms. The van der Waals surface area contributed by atoms with Crippen LogP contribution < -0.4 is 5.56 Å². The zero-order chi connectivity index (χ0) is 12.8. The van der Waals surface area contributed by atoms with Crippen LogP contribution in [0.15, 0.2) is 23.1 Å². The highest BCUT2D eigenvalue weighted by atomic mass is 16.2. The number of rotatable bonds is 4. The van der Waals surface area contributed by atoms with Crippen molar-refractivity contribution in [3.05, 3.63) is 34.2 Å². The van der Waals surface area contributed by atoms with Gasteiger partial charge in [-0.2, -0.15) is 5.26 Å². The highest BCUT2D eigenvalue weighted by Gasteiger charge is 2.11. The van der Waals surface area contributed by atoms with Crippen LogP contribution in [0.4, 0.5) is 0 Å². The van der Waals surface area contributed by atoms with Crippen molar-refractivity contribution in [1.29, 1.82) is 5.26 Å². The van der Waals surface area contributed by atoms with Gasteiger partial charge in [-0.15, -0.1) is 0 Å². The van der Waals surface area contributed by atoms with Gasteiger partial charge in [0, 0.05) is 19.3 Å². The van der Waals surface area contributed by atoms with Gasteiger partial charge in [-0.05, 0) is 26.0 Å². The molecule has 0 aliphatic rings. The molecule has 0 bridgehead atoms. The van der Waals surface area contributed by atoms with Crippen LogP contribution in [0.25, 0.3) is 0 Å². The molecule has 0 saturated carbocycles. The van der Waals surface area contributed by atoms with Crippen LogP contribution in [0, 0.1) is 11.3 Å². The number of hydrogen-bond donors (Lipinski definition) is 0. The fourth-order valence-corrected chi connectivity index (χ4v) is 1.57. The first-order valence-electron chi connectivity index (χ1n) is 5.51. The third kappa shape index (κ3) is 2.94. The van der Waals surface area contributed by atoms with E-state index in [0.717, 1.165) is 0 Å². The highest BCUT2D eigenvalue weighted by molar-refractivity contribution is 5.75. The summed E-state index contributed by atoms with van der Waals surface area (Å²) in [4.78, 5) is 25.2. The molecule has 0 spiro atoms. The summed E-state index contributed by atoms with van der Waals surface area (Å²) in [6.45, 7) is 4.98. The molecule has 5 nitrogen and oxygen atoms in total. The molecule has 0 radical (unpaired) electrons. The van der Waals surface area contributed by atoms with E-state index >= 15 is 0 Å². The van der Waals surface area contributed by atoms with Crippen molar-refractivity contribution in [3.63, 3.8) is 0 Å². The van der Waals surface area contributed by atoms with Gasteiger partial charge in [0.25, 0.3) is 5.56 Å². The summed E-state index contributed by atoms with van der Waals surface area (Å²) in [6, 6.07) is 4.85. The van der Waals surface area contributed by atoms with Gasteiger partial charge in [0.1, 0.15) is 18.2 Å². The highest BCUT2D eigenvalue weighted by Crippen LogP contribution is 1.94. The minimum absolute atomic E-state index is 0.0178. The largest absolute Gasteiger partial charge is 0.342 e. The zero-order valence-electron chi connectivity index (χ0n) is 10.0. The van der Waals surface area contributed by atoms with Gasteiger partial charge >= 0.3 is 0 Å². The van der Waals surface area contributed by atoms with Crippen molar-refractivity contribution < 1.29 is 4.79 Å². The average molecular weight is 233 g/mol. The van der Waals surface area contributed by atoms with E-state index in [1.165, 1.54) is 16.8 Å². The Morgan fingerprint density at radius 3 is 2.65 bits per heavy atom. The molecule has 1 aromatic heterocycles. The maximum Gasteiger partial charge on any atom is 0.268 e.